The molecule has 0 aromatic carbocycles. The van der Waals surface area contributed by atoms with Crippen LogP contribution in [0, 0.1) is 0 Å². The number of hydrogen-bond donors (Lipinski definition) is 2. The third kappa shape index (κ3) is 5.84. The lowest BCUT2D eigenvalue weighted by molar-refractivity contribution is -0.144. The second-order valence-electron chi connectivity index (χ2n) is 3.75. The van der Waals surface area contributed by atoms with Crippen molar-refractivity contribution >= 4 is 11.9 Å². The van der Waals surface area contributed by atoms with E-state index in [1.165, 1.54) is 18.3 Å². The molecular weight excluding hydrogens is 265 g/mol. The third-order valence-electron chi connectivity index (χ3n) is 2.17. The lowest BCUT2D eigenvalue weighted by Crippen LogP contribution is -2.24. The van der Waals surface area contributed by atoms with Crippen molar-refractivity contribution in [1.29, 1.82) is 0 Å². The zero-order valence-corrected chi connectivity index (χ0v) is 9.70. The molecule has 1 amide bonds. The highest BCUT2D eigenvalue weighted by atomic mass is 19.4. The number of halogens is 3. The van der Waals surface area contributed by atoms with Crippen LogP contribution in [0.25, 0.3) is 0 Å². The highest BCUT2D eigenvalue weighted by Crippen LogP contribution is 2.20. The van der Waals surface area contributed by atoms with Crippen LogP contribution in [0.15, 0.2) is 18.3 Å². The number of carboxylic acids is 1. The van der Waals surface area contributed by atoms with Gasteiger partial charge >= 0.3 is 12.1 Å². The number of aromatic carboxylic acids is 1. The minimum Gasteiger partial charge on any atom is -0.477 e. The molecule has 104 valence electrons. The Morgan fingerprint density at radius 2 is 2.00 bits per heavy atom. The van der Waals surface area contributed by atoms with Gasteiger partial charge in [-0.25, -0.2) is 9.78 Å². The molecule has 5 nitrogen and oxygen atoms in total. The van der Waals surface area contributed by atoms with E-state index >= 15 is 0 Å². The fraction of sp³-hybridized carbons (Fsp3) is 0.364. The van der Waals surface area contributed by atoms with E-state index in [2.05, 4.69) is 10.3 Å². The highest BCUT2D eigenvalue weighted by Gasteiger charge is 2.27. The Kier molecular flexibility index (Phi) is 4.85. The molecular formula is C11H11F3N2O3. The van der Waals surface area contributed by atoms with Crippen LogP contribution in [-0.4, -0.2) is 28.1 Å². The number of carbonyl (C=O) groups is 2. The first kappa shape index (κ1) is 14.9. The Hall–Kier alpha value is -2.12. The van der Waals surface area contributed by atoms with Crippen molar-refractivity contribution in [2.45, 2.75) is 25.6 Å². The lowest BCUT2D eigenvalue weighted by Gasteiger charge is -2.07. The Bertz CT molecular complexity index is 457. The molecule has 0 bridgehead atoms. The molecule has 8 heteroatoms. The maximum absolute atomic E-state index is 11.9. The van der Waals surface area contributed by atoms with Crippen molar-refractivity contribution < 1.29 is 27.9 Å². The molecule has 0 atom stereocenters. The van der Waals surface area contributed by atoms with Gasteiger partial charge in [0.1, 0.15) is 5.69 Å². The topological polar surface area (TPSA) is 79.3 Å². The van der Waals surface area contributed by atoms with Crippen molar-refractivity contribution in [3.8, 4) is 0 Å². The number of carbonyl (C=O) groups excluding carboxylic acids is 1. The minimum absolute atomic E-state index is 0.00356. The van der Waals surface area contributed by atoms with Crippen LogP contribution in [0.3, 0.4) is 0 Å². The molecule has 0 spiro atoms. The van der Waals surface area contributed by atoms with Gasteiger partial charge in [0.2, 0.25) is 5.91 Å². The van der Waals surface area contributed by atoms with Gasteiger partial charge in [-0.15, -0.1) is 0 Å². The van der Waals surface area contributed by atoms with Gasteiger partial charge in [0.05, 0.1) is 6.42 Å². The molecule has 0 aliphatic carbocycles. The SMILES string of the molecule is O=C(CCC(F)(F)F)NCc1ccc(C(=O)O)nc1. The average molecular weight is 276 g/mol. The van der Waals surface area contributed by atoms with E-state index in [0.717, 1.165) is 0 Å². The minimum atomic E-state index is -4.36. The zero-order chi connectivity index (χ0) is 14.5. The number of amides is 1. The Labute approximate surface area is 106 Å². The van der Waals surface area contributed by atoms with E-state index in [9.17, 15) is 22.8 Å². The second kappa shape index (κ2) is 6.17. The largest absolute Gasteiger partial charge is 0.477 e. The van der Waals surface area contributed by atoms with Crippen molar-refractivity contribution in [2.75, 3.05) is 0 Å². The summed E-state index contributed by atoms with van der Waals surface area (Å²) in [5.74, 6) is -1.90. The standard InChI is InChI=1S/C11H11F3N2O3/c12-11(13,14)4-3-9(17)16-6-7-1-2-8(10(18)19)15-5-7/h1-2,5H,3-4,6H2,(H,16,17)(H,18,19). The molecule has 0 saturated heterocycles. The molecule has 0 aliphatic rings. The zero-order valence-electron chi connectivity index (χ0n) is 9.70. The first-order valence-electron chi connectivity index (χ1n) is 5.29. The Balaban J connectivity index is 2.40. The summed E-state index contributed by atoms with van der Waals surface area (Å²) < 4.78 is 35.6. The molecule has 0 unspecified atom stereocenters. The van der Waals surface area contributed by atoms with Crippen molar-refractivity contribution in [3.05, 3.63) is 29.6 Å². The van der Waals surface area contributed by atoms with Gasteiger partial charge in [-0.05, 0) is 11.6 Å². The number of carboxylic acid groups (broad SMARTS) is 1. The number of alkyl halides is 3. The Morgan fingerprint density at radius 3 is 2.47 bits per heavy atom. The van der Waals surface area contributed by atoms with Gasteiger partial charge in [-0.2, -0.15) is 13.2 Å². The van der Waals surface area contributed by atoms with Crippen LogP contribution >= 0.6 is 0 Å². The van der Waals surface area contributed by atoms with E-state index in [0.29, 0.717) is 5.56 Å². The predicted molar refractivity (Wildman–Crippen MR) is 58.3 cm³/mol. The monoisotopic (exact) mass is 276 g/mol. The number of rotatable bonds is 5. The predicted octanol–water partition coefficient (Wildman–Crippen LogP) is 1.74. The number of nitrogens with zero attached hydrogens (tertiary/aromatic N) is 1. The van der Waals surface area contributed by atoms with Crippen LogP contribution in [0.1, 0.15) is 28.9 Å². The van der Waals surface area contributed by atoms with Gasteiger partial charge < -0.3 is 10.4 Å². The van der Waals surface area contributed by atoms with Gasteiger partial charge in [0, 0.05) is 19.2 Å². The lowest BCUT2D eigenvalue weighted by atomic mass is 10.2. The Morgan fingerprint density at radius 1 is 1.32 bits per heavy atom. The third-order valence-corrected chi connectivity index (χ3v) is 2.17. The van der Waals surface area contributed by atoms with Gasteiger partial charge in [0.25, 0.3) is 0 Å². The van der Waals surface area contributed by atoms with E-state index in [4.69, 9.17) is 5.11 Å². The summed E-state index contributed by atoms with van der Waals surface area (Å²) in [7, 11) is 0. The first-order valence-corrected chi connectivity index (χ1v) is 5.29. The first-order chi connectivity index (χ1) is 8.78. The summed E-state index contributed by atoms with van der Waals surface area (Å²) in [4.78, 5) is 25.2. The summed E-state index contributed by atoms with van der Waals surface area (Å²) >= 11 is 0. The number of hydrogen-bond acceptors (Lipinski definition) is 3. The summed E-state index contributed by atoms with van der Waals surface area (Å²) in [5, 5.41) is 10.9. The number of nitrogens with one attached hydrogen (secondary N) is 1. The van der Waals surface area contributed by atoms with E-state index < -0.39 is 30.9 Å². The van der Waals surface area contributed by atoms with Crippen LogP contribution in [-0.2, 0) is 11.3 Å². The van der Waals surface area contributed by atoms with Gasteiger partial charge in [-0.1, -0.05) is 6.07 Å². The van der Waals surface area contributed by atoms with Crippen LogP contribution < -0.4 is 5.32 Å². The molecule has 0 saturated carbocycles. The fourth-order valence-electron chi connectivity index (χ4n) is 1.20. The molecule has 0 radical (unpaired) electrons. The molecule has 1 rings (SSSR count). The van der Waals surface area contributed by atoms with Gasteiger partial charge in [0.15, 0.2) is 0 Å². The second-order valence-corrected chi connectivity index (χ2v) is 3.75. The molecule has 1 heterocycles. The van der Waals surface area contributed by atoms with Crippen molar-refractivity contribution in [3.63, 3.8) is 0 Å². The van der Waals surface area contributed by atoms with E-state index in [-0.39, 0.29) is 12.2 Å². The smallest absolute Gasteiger partial charge is 0.389 e. The average Bonchev–Trinajstić information content (AvgIpc) is 2.33. The molecule has 19 heavy (non-hydrogen) atoms. The number of pyridine rings is 1. The summed E-state index contributed by atoms with van der Waals surface area (Å²) in [6.45, 7) is 0.00356. The maximum atomic E-state index is 11.9. The van der Waals surface area contributed by atoms with Crippen molar-refractivity contribution in [2.24, 2.45) is 0 Å². The summed E-state index contributed by atoms with van der Waals surface area (Å²) in [6, 6.07) is 2.68. The normalized spacial score (nSPS) is 11.1. The summed E-state index contributed by atoms with van der Waals surface area (Å²) in [5.41, 5.74) is 0.359. The summed E-state index contributed by atoms with van der Waals surface area (Å²) in [6.07, 6.45) is -4.92. The van der Waals surface area contributed by atoms with Crippen LogP contribution in [0.5, 0.6) is 0 Å². The molecule has 2 N–H and O–H groups in total. The molecule has 0 aliphatic heterocycles. The fourth-order valence-corrected chi connectivity index (χ4v) is 1.20. The quantitative estimate of drug-likeness (QED) is 0.858. The molecule has 0 fully saturated rings. The molecule has 1 aromatic heterocycles. The van der Waals surface area contributed by atoms with Crippen LogP contribution in [0.4, 0.5) is 13.2 Å². The van der Waals surface area contributed by atoms with E-state index in [1.54, 1.807) is 0 Å². The van der Waals surface area contributed by atoms with Crippen molar-refractivity contribution in [1.82, 2.24) is 10.3 Å². The number of aromatic nitrogens is 1. The maximum Gasteiger partial charge on any atom is 0.389 e. The van der Waals surface area contributed by atoms with Crippen LogP contribution in [0.2, 0.25) is 0 Å². The van der Waals surface area contributed by atoms with Gasteiger partial charge in [-0.3, -0.25) is 4.79 Å². The highest BCUT2D eigenvalue weighted by molar-refractivity contribution is 5.85. The molecule has 1 aromatic rings. The van der Waals surface area contributed by atoms with E-state index in [1.807, 2.05) is 0 Å².